The molecule has 0 radical (unpaired) electrons. The van der Waals surface area contributed by atoms with Crippen LogP contribution in [-0.4, -0.2) is 14.6 Å². The first-order chi connectivity index (χ1) is 8.86. The van der Waals surface area contributed by atoms with Crippen molar-refractivity contribution in [2.45, 2.75) is 6.54 Å². The minimum atomic E-state index is -0.0290. The van der Waals surface area contributed by atoms with Gasteiger partial charge in [-0.3, -0.25) is 0 Å². The van der Waals surface area contributed by atoms with Crippen molar-refractivity contribution >= 4 is 31.6 Å². The Bertz CT molecular complexity index is 707. The van der Waals surface area contributed by atoms with Crippen LogP contribution in [0.15, 0.2) is 42.7 Å². The second-order valence-electron chi connectivity index (χ2n) is 3.67. The van der Waals surface area contributed by atoms with Crippen LogP contribution in [-0.2, 0) is 6.54 Å². The maximum absolute atomic E-state index is 8.67. The molecule has 1 aromatic heterocycles. The van der Waals surface area contributed by atoms with Crippen LogP contribution >= 0.6 is 0 Å². The molecule has 0 unspecified atom stereocenters. The van der Waals surface area contributed by atoms with Crippen LogP contribution in [0.4, 0.5) is 17.1 Å². The van der Waals surface area contributed by atoms with Crippen LogP contribution in [0.5, 0.6) is 0 Å². The van der Waals surface area contributed by atoms with Gasteiger partial charge in [-0.15, -0.1) is 0 Å². The monoisotopic (exact) mass is 304 g/mol. The van der Waals surface area contributed by atoms with Crippen molar-refractivity contribution in [1.82, 2.24) is 0 Å². The van der Waals surface area contributed by atoms with Crippen LogP contribution in [0, 0.1) is 11.3 Å². The Balaban J connectivity index is 1.77. The number of fused-ring (bicyclic) bond motifs is 1. The zero-order valence-electron chi connectivity index (χ0n) is 9.25. The van der Waals surface area contributed by atoms with Crippen molar-refractivity contribution in [1.29, 1.82) is 5.26 Å². The molecule has 2 aromatic rings. The normalized spacial score (nSPS) is 11.7. The van der Waals surface area contributed by atoms with Gasteiger partial charge in [0, 0.05) is 0 Å². The van der Waals surface area contributed by atoms with Crippen molar-refractivity contribution in [2.24, 2.45) is 7.92 Å². The number of anilines is 1. The summed E-state index contributed by atoms with van der Waals surface area (Å²) >= 11 is -0.0290. The fourth-order valence-corrected chi connectivity index (χ4v) is 2.82. The van der Waals surface area contributed by atoms with E-state index in [4.69, 9.17) is 9.68 Å². The molecule has 0 bridgehead atoms. The third kappa shape index (κ3) is 2.02. The van der Waals surface area contributed by atoms with Gasteiger partial charge in [0.2, 0.25) is 0 Å². The summed E-state index contributed by atoms with van der Waals surface area (Å²) in [5, 5.41) is 11.9. The maximum atomic E-state index is 8.67. The number of rotatable bonds is 3. The fraction of sp³-hybridized carbons (Fsp3) is 0.0833. The summed E-state index contributed by atoms with van der Waals surface area (Å²) in [7, 11) is 0. The van der Waals surface area contributed by atoms with Crippen LogP contribution < -0.4 is 5.32 Å². The van der Waals surface area contributed by atoms with E-state index in [1.165, 1.54) is 0 Å². The third-order valence-electron chi connectivity index (χ3n) is 2.51. The van der Waals surface area contributed by atoms with E-state index in [1.54, 1.807) is 12.1 Å². The summed E-state index contributed by atoms with van der Waals surface area (Å²) in [6.07, 6.45) is 0. The van der Waals surface area contributed by atoms with Gasteiger partial charge in [0.25, 0.3) is 0 Å². The van der Waals surface area contributed by atoms with E-state index in [9.17, 15) is 0 Å². The second-order valence-corrected chi connectivity index (χ2v) is 4.78. The average Bonchev–Trinajstić information content (AvgIpc) is 3.05. The summed E-state index contributed by atoms with van der Waals surface area (Å²) in [6.45, 7) is 0.528. The summed E-state index contributed by atoms with van der Waals surface area (Å²) in [5.41, 5.74) is 2.81. The van der Waals surface area contributed by atoms with Crippen molar-refractivity contribution in [2.75, 3.05) is 5.32 Å². The summed E-state index contributed by atoms with van der Waals surface area (Å²) in [6, 6.07) is 11.3. The Morgan fingerprint density at radius 1 is 1.28 bits per heavy atom. The van der Waals surface area contributed by atoms with Crippen molar-refractivity contribution in [3.8, 4) is 6.07 Å². The van der Waals surface area contributed by atoms with E-state index in [0.717, 1.165) is 22.8 Å². The van der Waals surface area contributed by atoms with Crippen molar-refractivity contribution in [3.05, 3.63) is 41.9 Å². The van der Waals surface area contributed by atoms with E-state index in [0.29, 0.717) is 12.3 Å². The van der Waals surface area contributed by atoms with Gasteiger partial charge in [-0.05, 0) is 0 Å². The van der Waals surface area contributed by atoms with E-state index in [2.05, 4.69) is 13.2 Å². The van der Waals surface area contributed by atoms with Gasteiger partial charge in [-0.25, -0.2) is 0 Å². The first-order valence-electron chi connectivity index (χ1n) is 5.31. The Hall–Kier alpha value is -2.09. The van der Waals surface area contributed by atoms with Crippen LogP contribution in [0.25, 0.3) is 0 Å². The molecule has 0 aliphatic carbocycles. The molecular weight excluding hydrogens is 295 g/mol. The summed E-state index contributed by atoms with van der Waals surface area (Å²) in [4.78, 5) is 0. The molecule has 0 saturated heterocycles. The van der Waals surface area contributed by atoms with Gasteiger partial charge in [-0.2, -0.15) is 0 Å². The van der Waals surface area contributed by atoms with E-state index in [-0.39, 0.29) is 14.6 Å². The average molecular weight is 303 g/mol. The predicted octanol–water partition coefficient (Wildman–Crippen LogP) is 3.11. The molecule has 0 spiro atoms. The molecule has 2 heterocycles. The number of nitrogens with one attached hydrogen (secondary N) is 1. The first-order valence-corrected chi connectivity index (χ1v) is 6.84. The van der Waals surface area contributed by atoms with Gasteiger partial charge in [-0.1, -0.05) is 0 Å². The molecule has 1 aromatic carbocycles. The SMILES string of the molecule is N#Cc1ccc(CNc2cccc3c2N=[Se]=N3)o1. The fourth-order valence-electron chi connectivity index (χ4n) is 1.66. The molecule has 88 valence electrons. The molecular formula is C12H8N4OSe. The van der Waals surface area contributed by atoms with E-state index in [1.807, 2.05) is 24.3 Å². The molecule has 18 heavy (non-hydrogen) atoms. The van der Waals surface area contributed by atoms with Gasteiger partial charge in [0.1, 0.15) is 0 Å². The van der Waals surface area contributed by atoms with Crippen LogP contribution in [0.2, 0.25) is 0 Å². The van der Waals surface area contributed by atoms with Crippen LogP contribution in [0.3, 0.4) is 0 Å². The Labute approximate surface area is 109 Å². The number of benzene rings is 1. The van der Waals surface area contributed by atoms with Gasteiger partial charge in [0.05, 0.1) is 0 Å². The van der Waals surface area contributed by atoms with Crippen LogP contribution in [0.1, 0.15) is 11.5 Å². The number of hydrogen-bond donors (Lipinski definition) is 1. The molecule has 1 aliphatic heterocycles. The molecule has 5 nitrogen and oxygen atoms in total. The topological polar surface area (TPSA) is 73.7 Å². The number of nitrogens with zero attached hydrogens (tertiary/aromatic N) is 3. The minimum absolute atomic E-state index is 0.0290. The predicted molar refractivity (Wildman–Crippen MR) is 67.1 cm³/mol. The van der Waals surface area contributed by atoms with E-state index < -0.39 is 0 Å². The third-order valence-corrected chi connectivity index (χ3v) is 3.65. The molecule has 3 rings (SSSR count). The first kappa shape index (κ1) is 11.0. The Morgan fingerprint density at radius 2 is 2.22 bits per heavy atom. The molecule has 1 N–H and O–H groups in total. The van der Waals surface area contributed by atoms with Crippen molar-refractivity contribution in [3.63, 3.8) is 0 Å². The van der Waals surface area contributed by atoms with Gasteiger partial charge in [0.15, 0.2) is 0 Å². The Morgan fingerprint density at radius 3 is 3.06 bits per heavy atom. The van der Waals surface area contributed by atoms with E-state index >= 15 is 0 Å². The zero-order valence-corrected chi connectivity index (χ0v) is 11.0. The quantitative estimate of drug-likeness (QED) is 0.755. The standard InChI is InChI=1S/C12H8N4OSe/c13-6-8-4-5-9(17-8)7-14-10-2-1-3-11-12(10)16-18-15-11/h1-5,14H,7H2. The van der Waals surface area contributed by atoms with Crippen molar-refractivity contribution < 1.29 is 4.42 Å². The number of furan rings is 1. The molecule has 6 heteroatoms. The number of nitriles is 1. The molecule has 0 fully saturated rings. The van der Waals surface area contributed by atoms with Gasteiger partial charge < -0.3 is 0 Å². The Kier molecular flexibility index (Phi) is 2.85. The second kappa shape index (κ2) is 4.65. The molecule has 1 aliphatic rings. The van der Waals surface area contributed by atoms with Gasteiger partial charge >= 0.3 is 109 Å². The zero-order chi connectivity index (χ0) is 12.4. The summed E-state index contributed by atoms with van der Waals surface area (Å²) in [5.74, 6) is 1.05. The molecule has 0 atom stereocenters. The summed E-state index contributed by atoms with van der Waals surface area (Å²) < 4.78 is 14.0. The molecule has 0 amide bonds. The number of hydrogen-bond acceptors (Lipinski definition) is 5. The molecule has 0 saturated carbocycles.